The van der Waals surface area contributed by atoms with Crippen molar-refractivity contribution in [2.75, 3.05) is 7.05 Å². The van der Waals surface area contributed by atoms with Crippen LogP contribution < -0.4 is 11.1 Å². The van der Waals surface area contributed by atoms with E-state index in [-0.39, 0.29) is 11.7 Å². The van der Waals surface area contributed by atoms with Crippen LogP contribution in [0.25, 0.3) is 11.1 Å². The molecule has 3 rings (SSSR count). The smallest absolute Gasteiger partial charge is 0.252 e. The highest BCUT2D eigenvalue weighted by molar-refractivity contribution is 6.30. The van der Waals surface area contributed by atoms with E-state index in [4.69, 9.17) is 17.3 Å². The number of nitrogens with two attached hydrogens (primary N) is 1. The number of hydrogen-bond acceptors (Lipinski definition) is 3. The first-order chi connectivity index (χ1) is 16.4. The second kappa shape index (κ2) is 11.6. The van der Waals surface area contributed by atoms with E-state index >= 15 is 0 Å². The summed E-state index contributed by atoms with van der Waals surface area (Å²) in [7, 11) is 1.57. The Kier molecular flexibility index (Phi) is 8.61. The van der Waals surface area contributed by atoms with E-state index in [0.717, 1.165) is 47.0 Å². The Hall–Kier alpha value is -3.44. The lowest BCUT2D eigenvalue weighted by Crippen LogP contribution is -2.39. The van der Waals surface area contributed by atoms with Crippen molar-refractivity contribution >= 4 is 29.6 Å². The summed E-state index contributed by atoms with van der Waals surface area (Å²) in [5.74, 6) is -0.0284. The van der Waals surface area contributed by atoms with Crippen molar-refractivity contribution in [2.45, 2.75) is 38.1 Å². The number of hydrogen-bond donors (Lipinski definition) is 2. The first kappa shape index (κ1) is 25.2. The molecule has 5 nitrogen and oxygen atoms in total. The minimum atomic E-state index is -1.15. The van der Waals surface area contributed by atoms with E-state index < -0.39 is 5.54 Å². The molecule has 0 spiro atoms. The van der Waals surface area contributed by atoms with Crippen LogP contribution in [0.3, 0.4) is 0 Å². The maximum atomic E-state index is 12.6. The predicted octanol–water partition coefficient (Wildman–Crippen LogP) is 5.09. The highest BCUT2D eigenvalue weighted by atomic mass is 35.5. The summed E-state index contributed by atoms with van der Waals surface area (Å²) in [4.78, 5) is 29.3. The molecule has 0 aliphatic rings. The fourth-order valence-corrected chi connectivity index (χ4v) is 4.24. The van der Waals surface area contributed by atoms with Gasteiger partial charge in [0.2, 0.25) is 0 Å². The van der Waals surface area contributed by atoms with Crippen molar-refractivity contribution in [2.24, 2.45) is 10.7 Å². The normalized spacial score (nSPS) is 12.9. The Labute approximate surface area is 206 Å². The molecule has 0 fully saturated rings. The highest BCUT2D eigenvalue weighted by Gasteiger charge is 2.33. The predicted molar refractivity (Wildman–Crippen MR) is 139 cm³/mol. The standard InChI is InChI=1S/C28H30ClN3O2/c1-28(32-19-30,27(34)31-2)23-12-6-11-22(17-23)26-18-24(29)15-14-21(26)10-7-13-25(33)16-20-8-4-3-5-9-20/h3-6,8-9,11-12,14-15,17-19H,7,10,13,16H2,1-2H3,(H2,30,32)(H,31,34)/t28-/m1/s1. The summed E-state index contributed by atoms with van der Waals surface area (Å²) >= 11 is 6.34. The molecule has 0 aromatic heterocycles. The number of amides is 1. The van der Waals surface area contributed by atoms with Gasteiger partial charge in [0.05, 0.1) is 6.34 Å². The number of carbonyl (C=O) groups is 2. The van der Waals surface area contributed by atoms with Gasteiger partial charge in [-0.25, -0.2) is 0 Å². The van der Waals surface area contributed by atoms with Crippen molar-refractivity contribution in [3.8, 4) is 11.1 Å². The minimum absolute atomic E-state index is 0.227. The topological polar surface area (TPSA) is 84.6 Å². The van der Waals surface area contributed by atoms with E-state index in [1.54, 1.807) is 14.0 Å². The summed E-state index contributed by atoms with van der Waals surface area (Å²) in [5, 5.41) is 3.29. The number of benzene rings is 3. The van der Waals surface area contributed by atoms with Crippen LogP contribution in [-0.4, -0.2) is 25.1 Å². The number of rotatable bonds is 10. The van der Waals surface area contributed by atoms with Gasteiger partial charge in [-0.05, 0) is 65.8 Å². The molecule has 1 atom stereocenters. The minimum Gasteiger partial charge on any atom is -0.390 e. The molecule has 0 radical (unpaired) electrons. The molecular formula is C28H30ClN3O2. The lowest BCUT2D eigenvalue weighted by Gasteiger charge is -2.24. The molecule has 34 heavy (non-hydrogen) atoms. The number of aliphatic imine (C=N–C) groups is 1. The number of likely N-dealkylation sites (N-methyl/N-ethyl adjacent to an activating group) is 1. The molecule has 0 aliphatic carbocycles. The Bertz CT molecular complexity index is 1180. The molecular weight excluding hydrogens is 446 g/mol. The van der Waals surface area contributed by atoms with E-state index in [1.165, 1.54) is 0 Å². The number of aryl methyl sites for hydroxylation is 1. The van der Waals surface area contributed by atoms with Gasteiger partial charge in [0, 0.05) is 24.9 Å². The molecule has 0 heterocycles. The number of nitrogens with zero attached hydrogens (tertiary/aromatic N) is 1. The SMILES string of the molecule is CNC(=O)[C@](C)(N=CN)c1cccc(-c2cc(Cl)ccc2CCCC(=O)Cc2ccccc2)c1. The maximum absolute atomic E-state index is 12.6. The van der Waals surface area contributed by atoms with Crippen molar-refractivity contribution in [1.29, 1.82) is 0 Å². The van der Waals surface area contributed by atoms with Crippen LogP contribution in [0.5, 0.6) is 0 Å². The monoisotopic (exact) mass is 475 g/mol. The van der Waals surface area contributed by atoms with E-state index in [0.29, 0.717) is 17.9 Å². The maximum Gasteiger partial charge on any atom is 0.252 e. The molecule has 3 N–H and O–H groups in total. The number of carbonyl (C=O) groups excluding carboxylic acids is 2. The summed E-state index contributed by atoms with van der Waals surface area (Å²) < 4.78 is 0. The van der Waals surface area contributed by atoms with Gasteiger partial charge < -0.3 is 11.1 Å². The van der Waals surface area contributed by atoms with Crippen LogP contribution in [0, 0.1) is 0 Å². The van der Waals surface area contributed by atoms with Crippen LogP contribution in [0.2, 0.25) is 5.02 Å². The van der Waals surface area contributed by atoms with Crippen LogP contribution in [0.4, 0.5) is 0 Å². The third-order valence-electron chi connectivity index (χ3n) is 5.96. The average molecular weight is 476 g/mol. The zero-order valence-corrected chi connectivity index (χ0v) is 20.3. The van der Waals surface area contributed by atoms with Crippen LogP contribution >= 0.6 is 11.6 Å². The van der Waals surface area contributed by atoms with Crippen molar-refractivity contribution in [3.05, 3.63) is 94.5 Å². The second-order valence-electron chi connectivity index (χ2n) is 8.37. The van der Waals surface area contributed by atoms with Gasteiger partial charge in [-0.2, -0.15) is 0 Å². The van der Waals surface area contributed by atoms with Crippen LogP contribution in [-0.2, 0) is 28.0 Å². The van der Waals surface area contributed by atoms with E-state index in [2.05, 4.69) is 10.3 Å². The summed E-state index contributed by atoms with van der Waals surface area (Å²) in [6, 6.07) is 23.3. The largest absolute Gasteiger partial charge is 0.390 e. The molecule has 0 bridgehead atoms. The lowest BCUT2D eigenvalue weighted by molar-refractivity contribution is -0.125. The summed E-state index contributed by atoms with van der Waals surface area (Å²) in [5.41, 5.74) is 9.15. The molecule has 3 aromatic carbocycles. The Morgan fingerprint density at radius 1 is 1.06 bits per heavy atom. The van der Waals surface area contributed by atoms with Crippen molar-refractivity contribution < 1.29 is 9.59 Å². The van der Waals surface area contributed by atoms with Crippen LogP contribution in [0.1, 0.15) is 36.5 Å². The van der Waals surface area contributed by atoms with Gasteiger partial charge in [0.1, 0.15) is 5.78 Å². The summed E-state index contributed by atoms with van der Waals surface area (Å²) in [6.45, 7) is 1.73. The van der Waals surface area contributed by atoms with Crippen molar-refractivity contribution in [3.63, 3.8) is 0 Å². The summed E-state index contributed by atoms with van der Waals surface area (Å²) in [6.07, 6.45) is 3.60. The Morgan fingerprint density at radius 2 is 1.82 bits per heavy atom. The number of nitrogens with one attached hydrogen (secondary N) is 1. The molecule has 6 heteroatoms. The van der Waals surface area contributed by atoms with E-state index in [1.807, 2.05) is 72.8 Å². The van der Waals surface area contributed by atoms with Gasteiger partial charge in [0.25, 0.3) is 5.91 Å². The lowest BCUT2D eigenvalue weighted by atomic mass is 9.88. The second-order valence-corrected chi connectivity index (χ2v) is 8.80. The Balaban J connectivity index is 1.81. The number of Topliss-reactive ketones (excluding diaryl/α,β-unsaturated/α-hetero) is 1. The fraction of sp³-hybridized carbons (Fsp3) is 0.250. The van der Waals surface area contributed by atoms with Gasteiger partial charge in [-0.3, -0.25) is 14.6 Å². The first-order valence-corrected chi connectivity index (χ1v) is 11.7. The van der Waals surface area contributed by atoms with E-state index in [9.17, 15) is 9.59 Å². The third kappa shape index (κ3) is 6.12. The molecule has 0 saturated carbocycles. The number of halogens is 1. The molecule has 1 amide bonds. The van der Waals surface area contributed by atoms with Gasteiger partial charge in [-0.1, -0.05) is 66.2 Å². The zero-order valence-electron chi connectivity index (χ0n) is 19.6. The number of ketones is 1. The third-order valence-corrected chi connectivity index (χ3v) is 6.19. The Morgan fingerprint density at radius 3 is 2.53 bits per heavy atom. The highest BCUT2D eigenvalue weighted by Crippen LogP contribution is 2.33. The quantitative estimate of drug-likeness (QED) is 0.316. The zero-order chi connectivity index (χ0) is 24.6. The average Bonchev–Trinajstić information content (AvgIpc) is 2.85. The van der Waals surface area contributed by atoms with Gasteiger partial charge >= 0.3 is 0 Å². The molecule has 0 aliphatic heterocycles. The molecule has 0 unspecified atom stereocenters. The van der Waals surface area contributed by atoms with Crippen LogP contribution in [0.15, 0.2) is 77.8 Å². The molecule has 3 aromatic rings. The van der Waals surface area contributed by atoms with Gasteiger partial charge in [0.15, 0.2) is 5.54 Å². The molecule has 0 saturated heterocycles. The molecule has 176 valence electrons. The van der Waals surface area contributed by atoms with Gasteiger partial charge in [-0.15, -0.1) is 0 Å². The first-order valence-electron chi connectivity index (χ1n) is 11.3. The fourth-order valence-electron chi connectivity index (χ4n) is 4.07. The van der Waals surface area contributed by atoms with Crippen molar-refractivity contribution in [1.82, 2.24) is 5.32 Å².